The average Bonchev–Trinajstić information content (AvgIpc) is 3.32. The molecule has 1 amide bonds. The Labute approximate surface area is 147 Å². The number of amides is 1. The molecule has 4 heterocycles. The van der Waals surface area contributed by atoms with Gasteiger partial charge in [-0.1, -0.05) is 0 Å². The van der Waals surface area contributed by atoms with E-state index >= 15 is 0 Å². The summed E-state index contributed by atoms with van der Waals surface area (Å²) in [6, 6.07) is 3.94. The molecule has 2 aromatic heterocycles. The van der Waals surface area contributed by atoms with Crippen molar-refractivity contribution in [2.75, 3.05) is 44.8 Å². The number of piperidine rings is 1. The Morgan fingerprint density at radius 2 is 2.16 bits per heavy atom. The molecule has 2 aromatic rings. The molecular formula is C18H25N5O2. The van der Waals surface area contributed by atoms with Crippen LogP contribution in [0.4, 0.5) is 5.82 Å². The summed E-state index contributed by atoms with van der Waals surface area (Å²) in [7, 11) is 1.93. The molecule has 0 saturated carbocycles. The molecular weight excluding hydrogens is 318 g/mol. The van der Waals surface area contributed by atoms with Gasteiger partial charge in [-0.15, -0.1) is 0 Å². The quantitative estimate of drug-likeness (QED) is 0.841. The van der Waals surface area contributed by atoms with Crippen molar-refractivity contribution >= 4 is 17.4 Å². The van der Waals surface area contributed by atoms with Gasteiger partial charge in [0.2, 0.25) is 5.91 Å². The van der Waals surface area contributed by atoms with Crippen LogP contribution >= 0.6 is 0 Å². The fourth-order valence-corrected chi connectivity index (χ4v) is 3.84. The highest BCUT2D eigenvalue weighted by atomic mass is 16.5. The Morgan fingerprint density at radius 1 is 1.32 bits per heavy atom. The van der Waals surface area contributed by atoms with E-state index in [-0.39, 0.29) is 11.8 Å². The monoisotopic (exact) mass is 343 g/mol. The SMILES string of the molecule is CN(CC1CCN(c2ccn3nccc3n2)CC1)C(=O)C1CCOC1. The summed E-state index contributed by atoms with van der Waals surface area (Å²) < 4.78 is 7.12. The molecule has 0 N–H and O–H groups in total. The van der Waals surface area contributed by atoms with E-state index in [2.05, 4.69) is 15.0 Å². The van der Waals surface area contributed by atoms with Gasteiger partial charge in [0.15, 0.2) is 5.65 Å². The van der Waals surface area contributed by atoms with E-state index in [0.29, 0.717) is 12.5 Å². The third-order valence-electron chi connectivity index (χ3n) is 5.37. The summed E-state index contributed by atoms with van der Waals surface area (Å²) in [6.45, 7) is 4.12. The van der Waals surface area contributed by atoms with Crippen LogP contribution in [0, 0.1) is 11.8 Å². The summed E-state index contributed by atoms with van der Waals surface area (Å²) >= 11 is 0. The average molecular weight is 343 g/mol. The summed E-state index contributed by atoms with van der Waals surface area (Å²) in [5.74, 6) is 1.88. The van der Waals surface area contributed by atoms with Crippen LogP contribution in [0.25, 0.3) is 5.65 Å². The normalized spacial score (nSPS) is 21.8. The summed E-state index contributed by atoms with van der Waals surface area (Å²) in [5.41, 5.74) is 0.878. The maximum absolute atomic E-state index is 12.4. The minimum atomic E-state index is 0.0664. The van der Waals surface area contributed by atoms with Gasteiger partial charge in [0, 0.05) is 45.6 Å². The van der Waals surface area contributed by atoms with Gasteiger partial charge in [0.05, 0.1) is 18.7 Å². The van der Waals surface area contributed by atoms with Gasteiger partial charge in [-0.2, -0.15) is 5.10 Å². The Morgan fingerprint density at radius 3 is 2.92 bits per heavy atom. The summed E-state index contributed by atoms with van der Waals surface area (Å²) in [5, 5.41) is 4.19. The standard InChI is InChI=1S/C18H25N5O2/c1-21(18(24)15-6-11-25-13-15)12-14-3-8-22(9-4-14)16-5-10-23-17(20-16)2-7-19-23/h2,5,7,10,14-15H,3-4,6,8-9,11-13H2,1H3. The smallest absolute Gasteiger partial charge is 0.227 e. The predicted octanol–water partition coefficient (Wildman–Crippen LogP) is 1.44. The highest BCUT2D eigenvalue weighted by Gasteiger charge is 2.28. The van der Waals surface area contributed by atoms with Crippen LogP contribution in [0.1, 0.15) is 19.3 Å². The Kier molecular flexibility index (Phi) is 4.57. The van der Waals surface area contributed by atoms with E-state index in [9.17, 15) is 4.79 Å². The lowest BCUT2D eigenvalue weighted by Crippen LogP contribution is -2.41. The molecule has 2 aliphatic heterocycles. The number of carbonyl (C=O) groups excluding carboxylic acids is 1. The van der Waals surface area contributed by atoms with Gasteiger partial charge in [-0.05, 0) is 31.2 Å². The Bertz CT molecular complexity index is 732. The van der Waals surface area contributed by atoms with Crippen molar-refractivity contribution in [3.05, 3.63) is 24.5 Å². The molecule has 0 spiro atoms. The van der Waals surface area contributed by atoms with Crippen LogP contribution in [-0.4, -0.2) is 65.3 Å². The summed E-state index contributed by atoms with van der Waals surface area (Å²) in [6.07, 6.45) is 6.76. The molecule has 134 valence electrons. The lowest BCUT2D eigenvalue weighted by molar-refractivity contribution is -0.134. The van der Waals surface area contributed by atoms with E-state index in [1.807, 2.05) is 30.3 Å². The zero-order chi connectivity index (χ0) is 17.2. The predicted molar refractivity (Wildman–Crippen MR) is 94.5 cm³/mol. The molecule has 2 fully saturated rings. The highest BCUT2D eigenvalue weighted by molar-refractivity contribution is 5.78. The maximum atomic E-state index is 12.4. The molecule has 0 aromatic carbocycles. The van der Waals surface area contributed by atoms with Crippen molar-refractivity contribution < 1.29 is 9.53 Å². The van der Waals surface area contributed by atoms with E-state index in [0.717, 1.165) is 57.0 Å². The van der Waals surface area contributed by atoms with Crippen LogP contribution in [-0.2, 0) is 9.53 Å². The van der Waals surface area contributed by atoms with E-state index < -0.39 is 0 Å². The van der Waals surface area contributed by atoms with Crippen LogP contribution in [0.3, 0.4) is 0 Å². The number of ether oxygens (including phenoxy) is 1. The number of hydrogen-bond donors (Lipinski definition) is 0. The third-order valence-corrected chi connectivity index (χ3v) is 5.37. The van der Waals surface area contributed by atoms with Crippen LogP contribution in [0.2, 0.25) is 0 Å². The highest BCUT2D eigenvalue weighted by Crippen LogP contribution is 2.24. The van der Waals surface area contributed by atoms with Crippen LogP contribution in [0.5, 0.6) is 0 Å². The molecule has 7 nitrogen and oxygen atoms in total. The summed E-state index contributed by atoms with van der Waals surface area (Å²) in [4.78, 5) is 21.3. The maximum Gasteiger partial charge on any atom is 0.227 e. The lowest BCUT2D eigenvalue weighted by atomic mass is 9.95. The van der Waals surface area contributed by atoms with E-state index in [4.69, 9.17) is 4.74 Å². The van der Waals surface area contributed by atoms with Crippen LogP contribution in [0.15, 0.2) is 24.5 Å². The minimum absolute atomic E-state index is 0.0664. The second kappa shape index (κ2) is 7.00. The van der Waals surface area contributed by atoms with Gasteiger partial charge in [-0.25, -0.2) is 9.50 Å². The van der Waals surface area contributed by atoms with Crippen molar-refractivity contribution in [3.63, 3.8) is 0 Å². The van der Waals surface area contributed by atoms with Crippen molar-refractivity contribution in [3.8, 4) is 0 Å². The second-order valence-electron chi connectivity index (χ2n) is 7.13. The third kappa shape index (κ3) is 3.46. The largest absolute Gasteiger partial charge is 0.381 e. The van der Waals surface area contributed by atoms with Crippen molar-refractivity contribution in [2.24, 2.45) is 11.8 Å². The number of nitrogens with zero attached hydrogens (tertiary/aromatic N) is 5. The zero-order valence-corrected chi connectivity index (χ0v) is 14.7. The van der Waals surface area contributed by atoms with Gasteiger partial charge in [0.1, 0.15) is 5.82 Å². The molecule has 0 radical (unpaired) electrons. The van der Waals surface area contributed by atoms with Gasteiger partial charge < -0.3 is 14.5 Å². The number of carbonyl (C=O) groups is 1. The molecule has 4 rings (SSSR count). The minimum Gasteiger partial charge on any atom is -0.381 e. The molecule has 7 heteroatoms. The van der Waals surface area contributed by atoms with Crippen LogP contribution < -0.4 is 4.90 Å². The molecule has 0 bridgehead atoms. The van der Waals surface area contributed by atoms with Crippen molar-refractivity contribution in [1.82, 2.24) is 19.5 Å². The topological polar surface area (TPSA) is 63.0 Å². The molecule has 2 saturated heterocycles. The van der Waals surface area contributed by atoms with E-state index in [1.165, 1.54) is 0 Å². The van der Waals surface area contributed by atoms with Gasteiger partial charge in [-0.3, -0.25) is 4.79 Å². The second-order valence-corrected chi connectivity index (χ2v) is 7.13. The molecule has 1 unspecified atom stereocenters. The molecule has 2 aliphatic rings. The van der Waals surface area contributed by atoms with Gasteiger partial charge >= 0.3 is 0 Å². The molecule has 1 atom stereocenters. The number of hydrogen-bond acceptors (Lipinski definition) is 5. The first-order valence-corrected chi connectivity index (χ1v) is 9.09. The van der Waals surface area contributed by atoms with E-state index in [1.54, 1.807) is 10.7 Å². The lowest BCUT2D eigenvalue weighted by Gasteiger charge is -2.35. The zero-order valence-electron chi connectivity index (χ0n) is 14.7. The fraction of sp³-hybridized carbons (Fsp3) is 0.611. The van der Waals surface area contributed by atoms with Crippen molar-refractivity contribution in [1.29, 1.82) is 0 Å². The fourth-order valence-electron chi connectivity index (χ4n) is 3.84. The first-order chi connectivity index (χ1) is 12.2. The number of rotatable bonds is 4. The van der Waals surface area contributed by atoms with Gasteiger partial charge in [0.25, 0.3) is 0 Å². The van der Waals surface area contributed by atoms with Crippen molar-refractivity contribution in [2.45, 2.75) is 19.3 Å². The Balaban J connectivity index is 1.31. The number of anilines is 1. The molecule has 25 heavy (non-hydrogen) atoms. The molecule has 0 aliphatic carbocycles. The first kappa shape index (κ1) is 16.3. The first-order valence-electron chi connectivity index (χ1n) is 9.09. The number of aromatic nitrogens is 3. The Hall–Kier alpha value is -2.15. The number of fused-ring (bicyclic) bond motifs is 1.